The Morgan fingerprint density at radius 2 is 1.79 bits per heavy atom. The first kappa shape index (κ1) is 20.9. The molecule has 1 aromatic heterocycles. The zero-order valence-electron chi connectivity index (χ0n) is 16.5. The molecule has 0 aliphatic heterocycles. The number of carbonyl (C=O) groups is 3. The van der Waals surface area contributed by atoms with Crippen LogP contribution in [0.5, 0.6) is 5.75 Å². The van der Waals surface area contributed by atoms with Crippen molar-refractivity contribution in [2.24, 2.45) is 5.73 Å². The van der Waals surface area contributed by atoms with Crippen LogP contribution in [0.1, 0.15) is 53.1 Å². The summed E-state index contributed by atoms with van der Waals surface area (Å²) in [5.41, 5.74) is 7.61. The average molecular weight is 416 g/mol. The number of carbonyl (C=O) groups excluding carboxylic acids is 3. The summed E-state index contributed by atoms with van der Waals surface area (Å²) in [6.07, 6.45) is 3.73. The van der Waals surface area contributed by atoms with E-state index in [0.717, 1.165) is 47.4 Å². The third kappa shape index (κ3) is 5.14. The first-order chi connectivity index (χ1) is 13.8. The lowest BCUT2D eigenvalue weighted by molar-refractivity contribution is -0.136. The molecule has 7 nitrogen and oxygen atoms in total. The molecular formula is C21H25N3O4S. The van der Waals surface area contributed by atoms with Gasteiger partial charge in [0.15, 0.2) is 0 Å². The van der Waals surface area contributed by atoms with Gasteiger partial charge in [0, 0.05) is 11.4 Å². The van der Waals surface area contributed by atoms with E-state index >= 15 is 0 Å². The normalized spacial score (nSPS) is 12.9. The third-order valence-electron chi connectivity index (χ3n) is 4.60. The Morgan fingerprint density at radius 3 is 2.45 bits per heavy atom. The van der Waals surface area contributed by atoms with Crippen LogP contribution in [-0.4, -0.2) is 23.8 Å². The molecule has 2 aromatic rings. The zero-order chi connectivity index (χ0) is 21.0. The smallest absolute Gasteiger partial charge is 0.314 e. The number of hydrogen-bond donors (Lipinski definition) is 3. The van der Waals surface area contributed by atoms with Crippen molar-refractivity contribution in [3.8, 4) is 5.75 Å². The summed E-state index contributed by atoms with van der Waals surface area (Å²) in [5.74, 6) is -1.42. The predicted octanol–water partition coefficient (Wildman–Crippen LogP) is 2.77. The minimum Gasteiger partial charge on any atom is -0.491 e. The Balaban J connectivity index is 1.60. The number of nitrogens with two attached hydrogens (primary N) is 1. The molecule has 0 radical (unpaired) electrons. The van der Waals surface area contributed by atoms with Crippen LogP contribution in [0.25, 0.3) is 0 Å². The molecule has 1 aliphatic rings. The second-order valence-corrected chi connectivity index (χ2v) is 8.33. The molecule has 29 heavy (non-hydrogen) atoms. The van der Waals surface area contributed by atoms with E-state index in [2.05, 4.69) is 10.6 Å². The zero-order valence-corrected chi connectivity index (χ0v) is 17.4. The summed E-state index contributed by atoms with van der Waals surface area (Å²) >= 11 is 1.33. The van der Waals surface area contributed by atoms with Gasteiger partial charge in [0.05, 0.1) is 11.7 Å². The van der Waals surface area contributed by atoms with Crippen molar-refractivity contribution < 1.29 is 19.1 Å². The van der Waals surface area contributed by atoms with Gasteiger partial charge in [0.1, 0.15) is 10.8 Å². The van der Waals surface area contributed by atoms with Crippen molar-refractivity contribution in [1.29, 1.82) is 0 Å². The van der Waals surface area contributed by atoms with Crippen molar-refractivity contribution >= 4 is 34.1 Å². The molecule has 1 aromatic carbocycles. The van der Waals surface area contributed by atoms with Crippen LogP contribution in [0, 0.1) is 0 Å². The van der Waals surface area contributed by atoms with Crippen molar-refractivity contribution in [3.05, 3.63) is 45.8 Å². The summed E-state index contributed by atoms with van der Waals surface area (Å²) in [5, 5.41) is 5.51. The number of primary amides is 1. The molecule has 3 amide bonds. The van der Waals surface area contributed by atoms with E-state index in [1.165, 1.54) is 11.3 Å². The van der Waals surface area contributed by atoms with Gasteiger partial charge in [-0.05, 0) is 62.8 Å². The van der Waals surface area contributed by atoms with Gasteiger partial charge in [0.25, 0.3) is 5.91 Å². The SMILES string of the molecule is CC(C)Oc1ccc(CNC(=O)C(=O)Nc2sc3c(c2C(N)=O)CCCC3)cc1. The summed E-state index contributed by atoms with van der Waals surface area (Å²) in [7, 11) is 0. The van der Waals surface area contributed by atoms with Crippen LogP contribution < -0.4 is 21.1 Å². The molecule has 0 atom stereocenters. The number of benzene rings is 1. The molecule has 0 saturated carbocycles. The van der Waals surface area contributed by atoms with E-state index in [-0.39, 0.29) is 12.6 Å². The van der Waals surface area contributed by atoms with Crippen LogP contribution in [0.3, 0.4) is 0 Å². The predicted molar refractivity (Wildman–Crippen MR) is 112 cm³/mol. The lowest BCUT2D eigenvalue weighted by atomic mass is 9.95. The average Bonchev–Trinajstić information content (AvgIpc) is 3.04. The highest BCUT2D eigenvalue weighted by atomic mass is 32.1. The second kappa shape index (κ2) is 9.09. The summed E-state index contributed by atoms with van der Waals surface area (Å²) in [6, 6.07) is 7.29. The number of nitrogens with one attached hydrogen (secondary N) is 2. The van der Waals surface area contributed by atoms with E-state index < -0.39 is 17.7 Å². The first-order valence-corrected chi connectivity index (χ1v) is 10.5. The maximum absolute atomic E-state index is 12.3. The molecule has 0 unspecified atom stereocenters. The third-order valence-corrected chi connectivity index (χ3v) is 5.81. The molecular weight excluding hydrogens is 390 g/mol. The Bertz CT molecular complexity index is 919. The standard InChI is InChI=1S/C21H25N3O4S/c1-12(2)28-14-9-7-13(8-10-14)11-23-19(26)20(27)24-21-17(18(22)25)15-5-3-4-6-16(15)29-21/h7-10,12H,3-6,11H2,1-2H3,(H2,22,25)(H,23,26)(H,24,27). The van der Waals surface area contributed by atoms with Crippen molar-refractivity contribution in [3.63, 3.8) is 0 Å². The summed E-state index contributed by atoms with van der Waals surface area (Å²) in [6.45, 7) is 4.10. The Morgan fingerprint density at radius 1 is 1.10 bits per heavy atom. The Hall–Kier alpha value is -2.87. The summed E-state index contributed by atoms with van der Waals surface area (Å²) in [4.78, 5) is 37.4. The lowest BCUT2D eigenvalue weighted by Crippen LogP contribution is -2.35. The molecule has 154 valence electrons. The largest absolute Gasteiger partial charge is 0.491 e. The van der Waals surface area contributed by atoms with Gasteiger partial charge in [-0.1, -0.05) is 12.1 Å². The van der Waals surface area contributed by atoms with Gasteiger partial charge in [-0.25, -0.2) is 0 Å². The van der Waals surface area contributed by atoms with Gasteiger partial charge < -0.3 is 21.1 Å². The Labute approximate surface area is 173 Å². The Kier molecular flexibility index (Phi) is 6.53. The van der Waals surface area contributed by atoms with Crippen LogP contribution in [0.4, 0.5) is 5.00 Å². The highest BCUT2D eigenvalue weighted by molar-refractivity contribution is 7.17. The van der Waals surface area contributed by atoms with Gasteiger partial charge >= 0.3 is 11.8 Å². The van der Waals surface area contributed by atoms with Crippen molar-refractivity contribution in [2.75, 3.05) is 5.32 Å². The number of anilines is 1. The second-order valence-electron chi connectivity index (χ2n) is 7.23. The molecule has 3 rings (SSSR count). The molecule has 0 spiro atoms. The van der Waals surface area contributed by atoms with Crippen LogP contribution in [0.15, 0.2) is 24.3 Å². The van der Waals surface area contributed by atoms with E-state index in [9.17, 15) is 14.4 Å². The molecule has 8 heteroatoms. The van der Waals surface area contributed by atoms with Crippen LogP contribution >= 0.6 is 11.3 Å². The topological polar surface area (TPSA) is 111 Å². The maximum atomic E-state index is 12.3. The fourth-order valence-corrected chi connectivity index (χ4v) is 4.58. The van der Waals surface area contributed by atoms with Gasteiger partial charge in [-0.15, -0.1) is 11.3 Å². The molecule has 1 heterocycles. The highest BCUT2D eigenvalue weighted by Crippen LogP contribution is 2.37. The monoisotopic (exact) mass is 415 g/mol. The first-order valence-electron chi connectivity index (χ1n) is 9.64. The number of hydrogen-bond acceptors (Lipinski definition) is 5. The van der Waals surface area contributed by atoms with E-state index in [1.807, 2.05) is 38.1 Å². The number of fused-ring (bicyclic) bond motifs is 1. The van der Waals surface area contributed by atoms with Crippen molar-refractivity contribution in [1.82, 2.24) is 5.32 Å². The van der Waals surface area contributed by atoms with E-state index in [4.69, 9.17) is 10.5 Å². The number of amides is 3. The molecule has 4 N–H and O–H groups in total. The summed E-state index contributed by atoms with van der Waals surface area (Å²) < 4.78 is 5.58. The van der Waals surface area contributed by atoms with Crippen LogP contribution in [-0.2, 0) is 29.0 Å². The number of ether oxygens (including phenoxy) is 1. The minimum absolute atomic E-state index is 0.0810. The fourth-order valence-electron chi connectivity index (χ4n) is 3.30. The quantitative estimate of drug-likeness (QED) is 0.630. The van der Waals surface area contributed by atoms with Crippen molar-refractivity contribution in [2.45, 2.75) is 52.2 Å². The van der Waals surface area contributed by atoms with Gasteiger partial charge in [-0.3, -0.25) is 14.4 Å². The van der Waals surface area contributed by atoms with Crippen LogP contribution in [0.2, 0.25) is 0 Å². The molecule has 0 saturated heterocycles. The van der Waals surface area contributed by atoms with E-state index in [0.29, 0.717) is 10.6 Å². The fraction of sp³-hybridized carbons (Fsp3) is 0.381. The van der Waals surface area contributed by atoms with Gasteiger partial charge in [0.2, 0.25) is 0 Å². The maximum Gasteiger partial charge on any atom is 0.314 e. The lowest BCUT2D eigenvalue weighted by Gasteiger charge is -2.11. The minimum atomic E-state index is -0.814. The molecule has 1 aliphatic carbocycles. The number of thiophene rings is 1. The highest BCUT2D eigenvalue weighted by Gasteiger charge is 2.26. The molecule has 0 bridgehead atoms. The van der Waals surface area contributed by atoms with E-state index in [1.54, 1.807) is 0 Å². The number of rotatable bonds is 6. The number of aryl methyl sites for hydroxylation is 1. The van der Waals surface area contributed by atoms with Gasteiger partial charge in [-0.2, -0.15) is 0 Å². The molecule has 0 fully saturated rings.